The van der Waals surface area contributed by atoms with Crippen molar-refractivity contribution in [2.24, 2.45) is 0 Å². The number of fused-ring (bicyclic) bond motifs is 2. The number of imidazole rings is 2. The highest BCUT2D eigenvalue weighted by Gasteiger charge is 2.33. The van der Waals surface area contributed by atoms with Crippen molar-refractivity contribution in [3.8, 4) is 11.4 Å². The Labute approximate surface area is 390 Å². The van der Waals surface area contributed by atoms with E-state index in [0.29, 0.717) is 68.5 Å². The van der Waals surface area contributed by atoms with Gasteiger partial charge in [-0.3, -0.25) is 18.3 Å². The summed E-state index contributed by atoms with van der Waals surface area (Å²) in [6, 6.07) is 38.1. The molecule has 0 saturated heterocycles. The quantitative estimate of drug-likeness (QED) is 0.0963. The van der Waals surface area contributed by atoms with Crippen molar-refractivity contribution in [2.45, 2.75) is 75.8 Å². The monoisotopic (exact) mass is 946 g/mol. The van der Waals surface area contributed by atoms with Crippen molar-refractivity contribution in [1.29, 1.82) is 0 Å². The van der Waals surface area contributed by atoms with Gasteiger partial charge in [0.05, 0.1) is 51.7 Å². The number of carboxylic acid groups (broad SMARTS) is 1. The maximum atomic E-state index is 13.4. The summed E-state index contributed by atoms with van der Waals surface area (Å²) in [6.07, 6.45) is -4.34. The number of halogens is 6. The number of carboxylic acids is 1. The number of para-hydroxylation sites is 2. The summed E-state index contributed by atoms with van der Waals surface area (Å²) in [4.78, 5) is 50.4. The number of nitrogens with zero attached hydrogens (tertiary/aromatic N) is 4. The van der Waals surface area contributed by atoms with E-state index in [0.717, 1.165) is 45.9 Å². The molecule has 10 rings (SSSR count). The van der Waals surface area contributed by atoms with Crippen molar-refractivity contribution in [3.05, 3.63) is 199 Å². The average molecular weight is 947 g/mol. The molecule has 1 N–H and O–H groups in total. The fraction of sp³-hybridized carbons (Fsp3) is 0.245. The zero-order chi connectivity index (χ0) is 48.8. The molecule has 0 atom stereocenters. The summed E-state index contributed by atoms with van der Waals surface area (Å²) in [7, 11) is 1.32. The third-order valence-electron chi connectivity index (χ3n) is 12.5. The molecule has 16 heteroatoms. The lowest BCUT2D eigenvalue weighted by Gasteiger charge is -2.11. The number of rotatable bonds is 12. The molecule has 2 fully saturated rings. The summed E-state index contributed by atoms with van der Waals surface area (Å²) < 4.78 is 89.1. The van der Waals surface area contributed by atoms with E-state index in [1.807, 2.05) is 24.3 Å². The van der Waals surface area contributed by atoms with Crippen LogP contribution in [0.3, 0.4) is 0 Å². The summed E-state index contributed by atoms with van der Waals surface area (Å²) in [6.45, 7) is -2.81. The molecule has 0 aliphatic heterocycles. The van der Waals surface area contributed by atoms with Crippen molar-refractivity contribution >= 4 is 34.0 Å². The minimum absolute atomic E-state index is 0.148. The predicted octanol–water partition coefficient (Wildman–Crippen LogP) is 11.1. The lowest BCUT2D eigenvalue weighted by atomic mass is 9.96. The van der Waals surface area contributed by atoms with Crippen LogP contribution in [-0.4, -0.2) is 54.8 Å². The average Bonchev–Trinajstić information content (AvgIpc) is 4.27. The predicted molar refractivity (Wildman–Crippen MR) is 248 cm³/mol. The summed E-state index contributed by atoms with van der Waals surface area (Å²) in [5.41, 5.74) is 5.80. The first kappa shape index (κ1) is 46.5. The summed E-state index contributed by atoms with van der Waals surface area (Å²) in [5.74, 6) is -0.632. The first-order chi connectivity index (χ1) is 33.0. The molecule has 0 radical (unpaired) electrons. The molecule has 2 saturated carbocycles. The van der Waals surface area contributed by atoms with Gasteiger partial charge in [-0.1, -0.05) is 72.8 Å². The zero-order valence-electron chi connectivity index (χ0n) is 37.1. The van der Waals surface area contributed by atoms with Gasteiger partial charge in [0.1, 0.15) is 13.1 Å². The normalized spacial score (nSPS) is 13.9. The molecule has 0 spiro atoms. The van der Waals surface area contributed by atoms with Gasteiger partial charge in [0.2, 0.25) is 0 Å². The van der Waals surface area contributed by atoms with E-state index in [4.69, 9.17) is 4.74 Å². The minimum Gasteiger partial charge on any atom is -0.478 e. The largest absolute Gasteiger partial charge is 0.478 e. The molecular weight excluding hydrogens is 903 g/mol. The lowest BCUT2D eigenvalue weighted by molar-refractivity contribution is -0.141. The van der Waals surface area contributed by atoms with Crippen LogP contribution < -0.4 is 11.4 Å². The molecular formula is C53H44F6N4O6. The number of carbonyl (C=O) groups is 2. The molecule has 2 aromatic heterocycles. The Balaban J connectivity index is 0.000000172. The molecule has 0 bridgehead atoms. The summed E-state index contributed by atoms with van der Waals surface area (Å²) >= 11 is 0. The molecule has 0 amide bonds. The maximum Gasteiger partial charge on any atom is 0.406 e. The van der Waals surface area contributed by atoms with Crippen LogP contribution in [0.15, 0.2) is 143 Å². The lowest BCUT2D eigenvalue weighted by Crippen LogP contribution is -2.29. The molecule has 69 heavy (non-hydrogen) atoms. The number of carbonyl (C=O) groups excluding carboxylic acids is 1. The molecule has 2 aliphatic rings. The minimum atomic E-state index is -4.58. The van der Waals surface area contributed by atoms with Gasteiger partial charge < -0.3 is 9.84 Å². The van der Waals surface area contributed by atoms with Gasteiger partial charge in [0.15, 0.2) is 0 Å². The van der Waals surface area contributed by atoms with E-state index < -0.39 is 48.8 Å². The highest BCUT2D eigenvalue weighted by atomic mass is 19.4. The number of hydrogen-bond donors (Lipinski definition) is 1. The first-order valence-electron chi connectivity index (χ1n) is 22.3. The van der Waals surface area contributed by atoms with Gasteiger partial charge >= 0.3 is 35.7 Å². The number of ether oxygens (including phenoxy) is 1. The molecule has 0 unspecified atom stereocenters. The van der Waals surface area contributed by atoms with Crippen LogP contribution in [0.2, 0.25) is 0 Å². The van der Waals surface area contributed by atoms with Gasteiger partial charge in [-0.15, -0.1) is 0 Å². The van der Waals surface area contributed by atoms with Gasteiger partial charge in [-0.2, -0.15) is 26.3 Å². The van der Waals surface area contributed by atoms with Crippen LogP contribution in [0.5, 0.6) is 0 Å². The van der Waals surface area contributed by atoms with Crippen LogP contribution in [0, 0.1) is 0 Å². The topological polar surface area (TPSA) is 117 Å². The van der Waals surface area contributed by atoms with Crippen LogP contribution in [-0.2, 0) is 30.7 Å². The molecule has 2 heterocycles. The van der Waals surface area contributed by atoms with E-state index in [-0.39, 0.29) is 23.0 Å². The fourth-order valence-corrected chi connectivity index (χ4v) is 8.92. The Morgan fingerprint density at radius 3 is 1.33 bits per heavy atom. The van der Waals surface area contributed by atoms with E-state index in [1.165, 1.54) is 16.2 Å². The smallest absolute Gasteiger partial charge is 0.406 e. The first-order valence-corrected chi connectivity index (χ1v) is 22.3. The van der Waals surface area contributed by atoms with Crippen LogP contribution in [0.4, 0.5) is 26.3 Å². The number of methoxy groups -OCH3 is 1. The maximum absolute atomic E-state index is 13.4. The number of benzene rings is 6. The SMILES string of the molecule is COC(=O)c1cc(C2CC2)ccc1Cc1ccc2c(c1)n(CC(F)(F)F)c(=O)n2-c1ccccc1.O=C(O)c1cc(C2CC2)ccc1Cc1ccc2c(c1)n(CC(F)(F)F)c(=O)n2-c1ccccc1. The second kappa shape index (κ2) is 18.5. The van der Waals surface area contributed by atoms with E-state index in [2.05, 4.69) is 0 Å². The number of aromatic carboxylic acids is 1. The van der Waals surface area contributed by atoms with Crippen LogP contribution in [0.25, 0.3) is 33.4 Å². The zero-order valence-corrected chi connectivity index (χ0v) is 37.1. The van der Waals surface area contributed by atoms with Gasteiger partial charge in [-0.25, -0.2) is 19.2 Å². The van der Waals surface area contributed by atoms with Gasteiger partial charge in [0.25, 0.3) is 0 Å². The van der Waals surface area contributed by atoms with Crippen molar-refractivity contribution in [3.63, 3.8) is 0 Å². The Hall–Kier alpha value is -7.62. The fourth-order valence-electron chi connectivity index (χ4n) is 8.92. The molecule has 8 aromatic rings. The highest BCUT2D eigenvalue weighted by molar-refractivity contribution is 5.92. The van der Waals surface area contributed by atoms with Crippen molar-refractivity contribution in [1.82, 2.24) is 18.3 Å². The van der Waals surface area contributed by atoms with Crippen LogP contribution in [0.1, 0.15) is 91.6 Å². The van der Waals surface area contributed by atoms with Crippen molar-refractivity contribution in [2.75, 3.05) is 7.11 Å². The second-order valence-corrected chi connectivity index (χ2v) is 17.5. The Morgan fingerprint density at radius 2 is 0.957 bits per heavy atom. The standard InChI is InChI=1S/C27H23F3N2O3.C26H21F3N2O3/c1-35-25(33)22-15-19(18-8-9-18)10-11-20(22)13-17-7-12-23-24(14-17)31(16-27(28,29)30)26(34)32(23)21-5-3-2-4-6-21;27-26(28,29)15-30-23-13-16(6-11-22(23)31(25(30)34)20-4-2-1-3-5-20)12-19-10-9-18(17-7-8-17)14-21(19)24(32)33/h2-7,10-12,14-15,18H,8-9,13,16H2,1H3;1-6,9-11,13-14,17H,7-8,12,15H2,(H,32,33). The van der Waals surface area contributed by atoms with Crippen molar-refractivity contribution < 1.29 is 45.8 Å². The van der Waals surface area contributed by atoms with E-state index in [9.17, 15) is 50.6 Å². The number of aromatic nitrogens is 4. The highest BCUT2D eigenvalue weighted by Crippen LogP contribution is 2.42. The Morgan fingerprint density at radius 1 is 0.551 bits per heavy atom. The molecule has 6 aromatic carbocycles. The Kier molecular flexibility index (Phi) is 12.4. The third kappa shape index (κ3) is 10.2. The Bertz CT molecular complexity index is 3360. The van der Waals surface area contributed by atoms with E-state index >= 15 is 0 Å². The molecule has 2 aliphatic carbocycles. The number of hydrogen-bond acceptors (Lipinski definition) is 5. The van der Waals surface area contributed by atoms with E-state index in [1.54, 1.807) is 109 Å². The number of esters is 1. The third-order valence-corrected chi connectivity index (χ3v) is 12.5. The van der Waals surface area contributed by atoms with Crippen LogP contribution >= 0.6 is 0 Å². The van der Waals surface area contributed by atoms with Gasteiger partial charge in [-0.05, 0) is 144 Å². The molecule has 354 valence electrons. The molecule has 10 nitrogen and oxygen atoms in total. The second-order valence-electron chi connectivity index (χ2n) is 17.5. The van der Waals surface area contributed by atoms with Gasteiger partial charge in [0, 0.05) is 0 Å². The number of alkyl halides is 6. The summed E-state index contributed by atoms with van der Waals surface area (Å²) in [5, 5.41) is 9.71.